The number of nitrogens with one attached hydrogen (secondary N) is 1. The van der Waals surface area contributed by atoms with E-state index in [1.165, 1.54) is 12.6 Å². The molecule has 3 N–H and O–H groups in total. The molecule has 0 bridgehead atoms. The summed E-state index contributed by atoms with van der Waals surface area (Å²) in [5.41, 5.74) is 2.51. The number of aromatic nitrogens is 3. The van der Waals surface area contributed by atoms with Crippen molar-refractivity contribution in [3.05, 3.63) is 12.2 Å². The van der Waals surface area contributed by atoms with Crippen molar-refractivity contribution in [3.63, 3.8) is 0 Å². The lowest BCUT2D eigenvalue weighted by Crippen LogP contribution is -2.42. The highest BCUT2D eigenvalue weighted by atomic mass is 32.2. The van der Waals surface area contributed by atoms with Gasteiger partial charge in [0.05, 0.1) is 5.75 Å². The van der Waals surface area contributed by atoms with Gasteiger partial charge in [0, 0.05) is 25.3 Å². The van der Waals surface area contributed by atoms with E-state index in [0.717, 1.165) is 18.8 Å². The summed E-state index contributed by atoms with van der Waals surface area (Å²) in [5.74, 6) is 6.09. The van der Waals surface area contributed by atoms with E-state index in [1.54, 1.807) is 4.68 Å². The number of nitrogens with zero attached hydrogens (tertiary/aromatic N) is 3. The standard InChI is InChI=1S/C9H19N5O2S/c1-3-4-14-9(11-7-12-14)5-8(13-10)6-17(2,15)16/h7-8,13H,3-6,10H2,1-2H3. The SMILES string of the molecule is CCCn1ncnc1CC(CS(C)(=O)=O)NN. The molecule has 0 saturated heterocycles. The van der Waals surface area contributed by atoms with E-state index in [2.05, 4.69) is 15.5 Å². The van der Waals surface area contributed by atoms with Crippen LogP contribution in [0.25, 0.3) is 0 Å². The Bertz CT molecular complexity index is 442. The van der Waals surface area contributed by atoms with Gasteiger partial charge in [-0.05, 0) is 6.42 Å². The fourth-order valence-corrected chi connectivity index (χ4v) is 2.54. The van der Waals surface area contributed by atoms with Crippen molar-refractivity contribution in [2.45, 2.75) is 32.4 Å². The van der Waals surface area contributed by atoms with Gasteiger partial charge in [-0.1, -0.05) is 6.92 Å². The van der Waals surface area contributed by atoms with Crippen LogP contribution in [0.5, 0.6) is 0 Å². The highest BCUT2D eigenvalue weighted by Crippen LogP contribution is 2.02. The number of aryl methyl sites for hydroxylation is 1. The van der Waals surface area contributed by atoms with Crippen LogP contribution in [0, 0.1) is 0 Å². The molecular weight excluding hydrogens is 242 g/mol. The average molecular weight is 261 g/mol. The van der Waals surface area contributed by atoms with Crippen LogP contribution in [-0.2, 0) is 22.8 Å². The molecule has 0 spiro atoms. The third-order valence-electron chi connectivity index (χ3n) is 2.30. The normalized spacial score (nSPS) is 13.8. The number of hydrazine groups is 1. The van der Waals surface area contributed by atoms with E-state index in [-0.39, 0.29) is 11.8 Å². The second-order valence-electron chi connectivity index (χ2n) is 4.06. The first kappa shape index (κ1) is 14.1. The molecule has 1 rings (SSSR count). The summed E-state index contributed by atoms with van der Waals surface area (Å²) in [6.07, 6.45) is 4.06. The van der Waals surface area contributed by atoms with Crippen LogP contribution in [0.2, 0.25) is 0 Å². The number of rotatable bonds is 7. The molecule has 1 aromatic rings. The predicted octanol–water partition coefficient (Wildman–Crippen LogP) is -0.893. The number of sulfone groups is 1. The van der Waals surface area contributed by atoms with Crippen molar-refractivity contribution in [2.75, 3.05) is 12.0 Å². The Morgan fingerprint density at radius 2 is 2.29 bits per heavy atom. The molecule has 0 aromatic carbocycles. The summed E-state index contributed by atoms with van der Waals surface area (Å²) >= 11 is 0. The number of hydrogen-bond donors (Lipinski definition) is 2. The van der Waals surface area contributed by atoms with Crippen molar-refractivity contribution in [1.82, 2.24) is 20.2 Å². The fourth-order valence-electron chi connectivity index (χ4n) is 1.60. The van der Waals surface area contributed by atoms with E-state index < -0.39 is 9.84 Å². The van der Waals surface area contributed by atoms with Crippen molar-refractivity contribution >= 4 is 9.84 Å². The zero-order chi connectivity index (χ0) is 12.9. The summed E-state index contributed by atoms with van der Waals surface area (Å²) in [5, 5.41) is 4.08. The van der Waals surface area contributed by atoms with Crippen LogP contribution in [0.1, 0.15) is 19.2 Å². The molecule has 0 radical (unpaired) electrons. The molecule has 0 saturated carbocycles. The van der Waals surface area contributed by atoms with Gasteiger partial charge in [0.2, 0.25) is 0 Å². The summed E-state index contributed by atoms with van der Waals surface area (Å²) in [7, 11) is -3.06. The van der Waals surface area contributed by atoms with Crippen LogP contribution >= 0.6 is 0 Å². The lowest BCUT2D eigenvalue weighted by Gasteiger charge is -2.14. The molecule has 1 heterocycles. The Kier molecular flexibility index (Phi) is 5.03. The predicted molar refractivity (Wildman–Crippen MR) is 64.8 cm³/mol. The number of nitrogens with two attached hydrogens (primary N) is 1. The Morgan fingerprint density at radius 1 is 1.59 bits per heavy atom. The summed E-state index contributed by atoms with van der Waals surface area (Å²) < 4.78 is 24.2. The smallest absolute Gasteiger partial charge is 0.149 e. The fraction of sp³-hybridized carbons (Fsp3) is 0.778. The minimum Gasteiger partial charge on any atom is -0.271 e. The lowest BCUT2D eigenvalue weighted by molar-refractivity contribution is 0.504. The Morgan fingerprint density at radius 3 is 2.82 bits per heavy atom. The molecule has 1 aromatic heterocycles. The molecule has 1 atom stereocenters. The third-order valence-corrected chi connectivity index (χ3v) is 3.31. The second kappa shape index (κ2) is 6.08. The van der Waals surface area contributed by atoms with Gasteiger partial charge in [0.25, 0.3) is 0 Å². The molecule has 98 valence electrons. The molecule has 0 aliphatic carbocycles. The summed E-state index contributed by atoms with van der Waals surface area (Å²) in [6, 6.07) is -0.343. The van der Waals surface area contributed by atoms with Gasteiger partial charge in [0.1, 0.15) is 22.0 Å². The molecule has 17 heavy (non-hydrogen) atoms. The van der Waals surface area contributed by atoms with Crippen molar-refractivity contribution in [2.24, 2.45) is 5.84 Å². The van der Waals surface area contributed by atoms with Crippen LogP contribution in [0.4, 0.5) is 0 Å². The highest BCUT2D eigenvalue weighted by molar-refractivity contribution is 7.90. The monoisotopic (exact) mass is 261 g/mol. The first-order valence-corrected chi connectivity index (χ1v) is 7.53. The summed E-state index contributed by atoms with van der Waals surface area (Å²) in [4.78, 5) is 4.11. The third kappa shape index (κ3) is 4.80. The zero-order valence-corrected chi connectivity index (χ0v) is 10.9. The number of hydrogen-bond acceptors (Lipinski definition) is 6. The molecule has 0 fully saturated rings. The van der Waals surface area contributed by atoms with Gasteiger partial charge < -0.3 is 0 Å². The van der Waals surface area contributed by atoms with Crippen LogP contribution in [0.15, 0.2) is 6.33 Å². The summed E-state index contributed by atoms with van der Waals surface area (Å²) in [6.45, 7) is 2.81. The van der Waals surface area contributed by atoms with Gasteiger partial charge in [-0.3, -0.25) is 16.0 Å². The van der Waals surface area contributed by atoms with Crippen LogP contribution < -0.4 is 11.3 Å². The largest absolute Gasteiger partial charge is 0.271 e. The average Bonchev–Trinajstić information content (AvgIpc) is 2.63. The van der Waals surface area contributed by atoms with E-state index in [4.69, 9.17) is 5.84 Å². The van der Waals surface area contributed by atoms with Crippen LogP contribution in [-0.4, -0.2) is 41.2 Å². The van der Waals surface area contributed by atoms with E-state index in [0.29, 0.717) is 6.42 Å². The molecule has 0 amide bonds. The van der Waals surface area contributed by atoms with Crippen LogP contribution in [0.3, 0.4) is 0 Å². The van der Waals surface area contributed by atoms with E-state index in [9.17, 15) is 8.42 Å². The quantitative estimate of drug-likeness (QED) is 0.487. The maximum absolute atomic E-state index is 11.2. The Hall–Kier alpha value is -0.990. The van der Waals surface area contributed by atoms with Gasteiger partial charge in [-0.25, -0.2) is 13.4 Å². The first-order valence-electron chi connectivity index (χ1n) is 5.46. The van der Waals surface area contributed by atoms with Gasteiger partial charge in [-0.2, -0.15) is 5.10 Å². The zero-order valence-electron chi connectivity index (χ0n) is 10.1. The van der Waals surface area contributed by atoms with Crippen molar-refractivity contribution < 1.29 is 8.42 Å². The van der Waals surface area contributed by atoms with Gasteiger partial charge >= 0.3 is 0 Å². The van der Waals surface area contributed by atoms with Gasteiger partial charge in [0.15, 0.2) is 0 Å². The minimum atomic E-state index is -3.06. The molecule has 7 nitrogen and oxygen atoms in total. The molecule has 0 aliphatic rings. The molecule has 0 aliphatic heterocycles. The Labute approximate surface area is 101 Å². The maximum Gasteiger partial charge on any atom is 0.149 e. The molecule has 8 heteroatoms. The Balaban J connectivity index is 2.70. The topological polar surface area (TPSA) is 103 Å². The highest BCUT2D eigenvalue weighted by Gasteiger charge is 2.17. The lowest BCUT2D eigenvalue weighted by atomic mass is 10.2. The van der Waals surface area contributed by atoms with Crippen molar-refractivity contribution in [3.8, 4) is 0 Å². The first-order chi connectivity index (χ1) is 7.96. The maximum atomic E-state index is 11.2. The molecule has 1 unspecified atom stereocenters. The van der Waals surface area contributed by atoms with Crippen molar-refractivity contribution in [1.29, 1.82) is 0 Å². The van der Waals surface area contributed by atoms with E-state index >= 15 is 0 Å². The van der Waals surface area contributed by atoms with Gasteiger partial charge in [-0.15, -0.1) is 0 Å². The minimum absolute atomic E-state index is 0.0114. The van der Waals surface area contributed by atoms with E-state index in [1.807, 2.05) is 6.92 Å². The second-order valence-corrected chi connectivity index (χ2v) is 6.24. The molecular formula is C9H19N5O2S.